The van der Waals surface area contributed by atoms with Crippen LogP contribution in [-0.2, 0) is 0 Å². The Morgan fingerprint density at radius 3 is 1.00 bits per heavy atom. The van der Waals surface area contributed by atoms with E-state index in [4.69, 9.17) is 18.3 Å². The van der Waals surface area contributed by atoms with Gasteiger partial charge < -0.3 is 18.3 Å². The number of hydrogen-bond donors (Lipinski definition) is 0. The van der Waals surface area contributed by atoms with E-state index in [1.807, 2.05) is 146 Å². The normalized spacial score (nSPS) is 10.9. The molecule has 0 aliphatic carbocycles. The molecule has 0 aliphatic rings. The average Bonchev–Trinajstić information content (AvgIpc) is 3.03. The van der Waals surface area contributed by atoms with Gasteiger partial charge in [0.1, 0.15) is 34.5 Å². The fraction of sp³-hybridized carbons (Fsp3) is 0. The van der Waals surface area contributed by atoms with Gasteiger partial charge in [-0.3, -0.25) is 0 Å². The van der Waals surface area contributed by atoms with E-state index in [0.717, 1.165) is 21.9 Å². The van der Waals surface area contributed by atoms with E-state index in [-0.39, 0.29) is 0 Å². The van der Waals surface area contributed by atoms with Crippen molar-refractivity contribution in [2.45, 2.75) is 0 Å². The first-order valence-corrected chi connectivity index (χ1v) is 15.2. The Morgan fingerprint density at radius 1 is 0.293 bits per heavy atom. The third-order valence-corrected chi connectivity index (χ3v) is 9.63. The molecule has 0 N–H and O–H groups in total. The van der Waals surface area contributed by atoms with Crippen molar-refractivity contribution in [3.63, 3.8) is 0 Å². The van der Waals surface area contributed by atoms with Crippen LogP contribution in [0.25, 0.3) is 0 Å². The standard InChI is InChI=1S/C36H28O4Si/c1-5-15-29(16-6-1)37-31-19-13-21-33(27-31)39-41(35-23-9-3-10-24-35,36-25-11-4-12-26-36)40-34-22-14-20-32(28-34)38-30-17-7-2-8-18-30/h1-28H. The van der Waals surface area contributed by atoms with E-state index in [0.29, 0.717) is 23.0 Å². The Morgan fingerprint density at radius 2 is 0.610 bits per heavy atom. The summed E-state index contributed by atoms with van der Waals surface area (Å²) >= 11 is 0. The van der Waals surface area contributed by atoms with E-state index in [1.165, 1.54) is 0 Å². The lowest BCUT2D eigenvalue weighted by Crippen LogP contribution is -2.68. The minimum atomic E-state index is -3.37. The molecule has 6 rings (SSSR count). The lowest BCUT2D eigenvalue weighted by Gasteiger charge is -2.32. The van der Waals surface area contributed by atoms with Gasteiger partial charge in [-0.15, -0.1) is 0 Å². The average molecular weight is 553 g/mol. The van der Waals surface area contributed by atoms with Crippen molar-refractivity contribution in [3.8, 4) is 34.5 Å². The molecular weight excluding hydrogens is 524 g/mol. The largest absolute Gasteiger partial charge is 0.531 e. The van der Waals surface area contributed by atoms with Crippen molar-refractivity contribution >= 4 is 18.9 Å². The second-order valence-corrected chi connectivity index (χ2v) is 12.1. The lowest BCUT2D eigenvalue weighted by atomic mass is 10.3. The first-order valence-electron chi connectivity index (χ1n) is 13.4. The molecular formula is C36H28O4Si. The van der Waals surface area contributed by atoms with Gasteiger partial charge >= 0.3 is 8.56 Å². The van der Waals surface area contributed by atoms with E-state index >= 15 is 0 Å². The molecule has 4 nitrogen and oxygen atoms in total. The predicted molar refractivity (Wildman–Crippen MR) is 165 cm³/mol. The summed E-state index contributed by atoms with van der Waals surface area (Å²) in [5, 5.41) is 1.94. The highest BCUT2D eigenvalue weighted by Crippen LogP contribution is 2.30. The number of rotatable bonds is 10. The Labute approximate surface area is 241 Å². The maximum Gasteiger partial charge on any atom is 0.531 e. The van der Waals surface area contributed by atoms with Crippen molar-refractivity contribution in [3.05, 3.63) is 170 Å². The molecule has 0 atom stereocenters. The highest BCUT2D eigenvalue weighted by molar-refractivity contribution is 6.93. The molecule has 0 unspecified atom stereocenters. The van der Waals surface area contributed by atoms with Gasteiger partial charge in [-0.1, -0.05) is 109 Å². The van der Waals surface area contributed by atoms with Gasteiger partial charge in [0.25, 0.3) is 0 Å². The van der Waals surface area contributed by atoms with Gasteiger partial charge in [-0.25, -0.2) is 0 Å². The van der Waals surface area contributed by atoms with Gasteiger partial charge in [0, 0.05) is 22.5 Å². The SMILES string of the molecule is c1ccc(Oc2cccc(O[Si](Oc3cccc(Oc4ccccc4)c3)(c3ccccc3)c3ccccc3)c2)cc1. The van der Waals surface area contributed by atoms with Crippen molar-refractivity contribution in [2.24, 2.45) is 0 Å². The molecule has 41 heavy (non-hydrogen) atoms. The Hall–Kier alpha value is -5.26. The summed E-state index contributed by atoms with van der Waals surface area (Å²) in [4.78, 5) is 0. The Kier molecular flexibility index (Phi) is 7.78. The van der Waals surface area contributed by atoms with Crippen molar-refractivity contribution in [2.75, 3.05) is 0 Å². The minimum Gasteiger partial charge on any atom is -0.506 e. The van der Waals surface area contributed by atoms with Crippen LogP contribution in [-0.4, -0.2) is 8.56 Å². The highest BCUT2D eigenvalue weighted by atomic mass is 28.4. The van der Waals surface area contributed by atoms with Crippen LogP contribution in [0.2, 0.25) is 0 Å². The molecule has 0 bridgehead atoms. The van der Waals surface area contributed by atoms with E-state index in [1.54, 1.807) is 0 Å². The number of ether oxygens (including phenoxy) is 2. The van der Waals surface area contributed by atoms with Gasteiger partial charge in [0.05, 0.1) is 0 Å². The van der Waals surface area contributed by atoms with Gasteiger partial charge in [-0.05, 0) is 48.5 Å². The third kappa shape index (κ3) is 6.32. The quantitative estimate of drug-likeness (QED) is 0.161. The summed E-state index contributed by atoms with van der Waals surface area (Å²) in [5.41, 5.74) is 0. The number of para-hydroxylation sites is 2. The second-order valence-electron chi connectivity index (χ2n) is 9.33. The molecule has 200 valence electrons. The zero-order valence-corrected chi connectivity index (χ0v) is 23.3. The van der Waals surface area contributed by atoms with Crippen LogP contribution in [0.1, 0.15) is 0 Å². The van der Waals surface area contributed by atoms with Crippen molar-refractivity contribution < 1.29 is 18.3 Å². The molecule has 5 heteroatoms. The van der Waals surface area contributed by atoms with Crippen molar-refractivity contribution in [1.29, 1.82) is 0 Å². The van der Waals surface area contributed by atoms with Gasteiger partial charge in [0.2, 0.25) is 0 Å². The summed E-state index contributed by atoms with van der Waals surface area (Å²) < 4.78 is 26.2. The van der Waals surface area contributed by atoms with Crippen LogP contribution in [0.4, 0.5) is 0 Å². The third-order valence-electron chi connectivity index (χ3n) is 6.40. The first-order chi connectivity index (χ1) is 20.3. The monoisotopic (exact) mass is 552 g/mol. The summed E-state index contributed by atoms with van der Waals surface area (Å²) in [6, 6.07) is 55.1. The van der Waals surface area contributed by atoms with Crippen LogP contribution >= 0.6 is 0 Å². The van der Waals surface area contributed by atoms with E-state index < -0.39 is 8.56 Å². The molecule has 0 fully saturated rings. The topological polar surface area (TPSA) is 36.9 Å². The summed E-state index contributed by atoms with van der Waals surface area (Å²) in [6.45, 7) is 0. The van der Waals surface area contributed by atoms with Crippen LogP contribution < -0.4 is 28.7 Å². The van der Waals surface area contributed by atoms with Gasteiger partial charge in [0.15, 0.2) is 0 Å². The summed E-state index contributed by atoms with van der Waals surface area (Å²) in [6.07, 6.45) is 0. The fourth-order valence-corrected chi connectivity index (χ4v) is 7.55. The molecule has 0 saturated heterocycles. The molecule has 0 saturated carbocycles. The maximum atomic E-state index is 7.01. The Bertz CT molecular complexity index is 1550. The molecule has 6 aromatic rings. The smallest absolute Gasteiger partial charge is 0.506 e. The summed E-state index contributed by atoms with van der Waals surface area (Å²) in [5.74, 6) is 4.16. The minimum absolute atomic E-state index is 0.648. The lowest BCUT2D eigenvalue weighted by molar-refractivity contribution is 0.411. The fourth-order valence-electron chi connectivity index (χ4n) is 4.52. The highest BCUT2D eigenvalue weighted by Gasteiger charge is 2.47. The molecule has 0 aromatic heterocycles. The van der Waals surface area contributed by atoms with Crippen LogP contribution in [0.15, 0.2) is 170 Å². The molecule has 0 heterocycles. The Balaban J connectivity index is 1.41. The number of benzene rings is 6. The first kappa shape index (κ1) is 26.0. The second kappa shape index (κ2) is 12.3. The molecule has 6 aromatic carbocycles. The zero-order chi connectivity index (χ0) is 27.7. The number of hydrogen-bond acceptors (Lipinski definition) is 4. The summed E-state index contributed by atoms with van der Waals surface area (Å²) in [7, 11) is -3.37. The van der Waals surface area contributed by atoms with Crippen LogP contribution in [0.3, 0.4) is 0 Å². The van der Waals surface area contributed by atoms with Crippen LogP contribution in [0.5, 0.6) is 34.5 Å². The van der Waals surface area contributed by atoms with E-state index in [9.17, 15) is 0 Å². The molecule has 0 radical (unpaired) electrons. The predicted octanol–water partition coefficient (Wildman–Crippen LogP) is 7.99. The molecule has 0 aliphatic heterocycles. The zero-order valence-electron chi connectivity index (χ0n) is 22.3. The van der Waals surface area contributed by atoms with E-state index in [2.05, 4.69) is 24.3 Å². The van der Waals surface area contributed by atoms with Crippen LogP contribution in [0, 0.1) is 0 Å². The van der Waals surface area contributed by atoms with Crippen molar-refractivity contribution in [1.82, 2.24) is 0 Å². The molecule has 0 amide bonds. The maximum absolute atomic E-state index is 7.01. The van der Waals surface area contributed by atoms with Gasteiger partial charge in [-0.2, -0.15) is 0 Å². The molecule has 0 spiro atoms.